The predicted octanol–water partition coefficient (Wildman–Crippen LogP) is 3.87. The number of hydrogen-bond donors (Lipinski definition) is 3. The molecule has 1 amide bonds. The second-order valence-corrected chi connectivity index (χ2v) is 9.10. The Kier molecular flexibility index (Phi) is 5.61. The molecule has 32 heavy (non-hydrogen) atoms. The summed E-state index contributed by atoms with van der Waals surface area (Å²) in [4.78, 5) is 20.9. The first-order chi connectivity index (χ1) is 15.5. The lowest BCUT2D eigenvalue weighted by Gasteiger charge is -2.34. The van der Waals surface area contributed by atoms with E-state index in [2.05, 4.69) is 26.2 Å². The van der Waals surface area contributed by atoms with Crippen molar-refractivity contribution in [1.29, 1.82) is 0 Å². The maximum absolute atomic E-state index is 14.1. The molecule has 4 N–H and O–H groups in total. The van der Waals surface area contributed by atoms with Gasteiger partial charge in [-0.3, -0.25) is 9.69 Å². The number of H-pyrrole nitrogens is 1. The maximum atomic E-state index is 14.1. The average molecular weight is 436 g/mol. The molecule has 168 valence electrons. The Morgan fingerprint density at radius 3 is 2.72 bits per heavy atom. The summed E-state index contributed by atoms with van der Waals surface area (Å²) in [5.41, 5.74) is 9.81. The van der Waals surface area contributed by atoms with Crippen molar-refractivity contribution in [3.05, 3.63) is 59.5 Å². The molecule has 1 atom stereocenters. The van der Waals surface area contributed by atoms with Crippen LogP contribution in [0.3, 0.4) is 0 Å². The SMILES string of the molecule is Cc1ccc(F)c2cc(C(=O)Nc3cccc(N4CCC(N5CCC(N)CC5)C4)c3)[nH]c12. The topological polar surface area (TPSA) is 77.4 Å². The predicted molar refractivity (Wildman–Crippen MR) is 127 cm³/mol. The van der Waals surface area contributed by atoms with E-state index in [1.165, 1.54) is 6.07 Å². The lowest BCUT2D eigenvalue weighted by molar-refractivity contribution is 0.102. The van der Waals surface area contributed by atoms with Gasteiger partial charge in [0, 0.05) is 41.9 Å². The molecule has 2 fully saturated rings. The zero-order valence-corrected chi connectivity index (χ0v) is 18.4. The molecule has 5 rings (SSSR count). The minimum absolute atomic E-state index is 0.277. The summed E-state index contributed by atoms with van der Waals surface area (Å²) in [5.74, 6) is -0.608. The van der Waals surface area contributed by atoms with E-state index in [1.54, 1.807) is 12.1 Å². The summed E-state index contributed by atoms with van der Waals surface area (Å²) >= 11 is 0. The van der Waals surface area contributed by atoms with Gasteiger partial charge in [0.05, 0.1) is 5.52 Å². The number of benzene rings is 2. The van der Waals surface area contributed by atoms with Crippen molar-refractivity contribution in [3.63, 3.8) is 0 Å². The van der Waals surface area contributed by atoms with Crippen LogP contribution < -0.4 is 16.0 Å². The number of halogens is 1. The van der Waals surface area contributed by atoms with Crippen LogP contribution in [0.2, 0.25) is 0 Å². The smallest absolute Gasteiger partial charge is 0.272 e. The van der Waals surface area contributed by atoms with Crippen LogP contribution in [0.25, 0.3) is 10.9 Å². The number of hydrogen-bond acceptors (Lipinski definition) is 4. The van der Waals surface area contributed by atoms with Gasteiger partial charge in [-0.25, -0.2) is 4.39 Å². The third kappa shape index (κ3) is 4.10. The Labute approximate surface area is 187 Å². The maximum Gasteiger partial charge on any atom is 0.272 e. The van der Waals surface area contributed by atoms with Gasteiger partial charge in [-0.15, -0.1) is 0 Å². The van der Waals surface area contributed by atoms with Gasteiger partial charge in [0.15, 0.2) is 0 Å². The summed E-state index contributed by atoms with van der Waals surface area (Å²) < 4.78 is 14.1. The molecule has 7 heteroatoms. The second-order valence-electron chi connectivity index (χ2n) is 9.10. The highest BCUT2D eigenvalue weighted by Crippen LogP contribution is 2.28. The largest absolute Gasteiger partial charge is 0.370 e. The number of carbonyl (C=O) groups is 1. The number of likely N-dealkylation sites (tertiary alicyclic amines) is 1. The van der Waals surface area contributed by atoms with Crippen molar-refractivity contribution in [1.82, 2.24) is 9.88 Å². The number of nitrogens with zero attached hydrogens (tertiary/aromatic N) is 2. The van der Waals surface area contributed by atoms with Gasteiger partial charge in [-0.1, -0.05) is 12.1 Å². The van der Waals surface area contributed by atoms with E-state index >= 15 is 0 Å². The van der Waals surface area contributed by atoms with Gasteiger partial charge in [-0.05, 0) is 75.2 Å². The Morgan fingerprint density at radius 1 is 1.12 bits per heavy atom. The summed E-state index contributed by atoms with van der Waals surface area (Å²) in [7, 11) is 0. The van der Waals surface area contributed by atoms with E-state index in [-0.39, 0.29) is 11.7 Å². The fourth-order valence-corrected chi connectivity index (χ4v) is 4.99. The normalized spacial score (nSPS) is 20.2. The van der Waals surface area contributed by atoms with Gasteiger partial charge in [0.1, 0.15) is 11.5 Å². The van der Waals surface area contributed by atoms with Crippen molar-refractivity contribution in [3.8, 4) is 0 Å². The van der Waals surface area contributed by atoms with E-state index < -0.39 is 0 Å². The minimum atomic E-state index is -0.331. The molecule has 0 saturated carbocycles. The van der Waals surface area contributed by atoms with Crippen LogP contribution in [0.5, 0.6) is 0 Å². The molecule has 0 bridgehead atoms. The van der Waals surface area contributed by atoms with Crippen LogP contribution >= 0.6 is 0 Å². The first kappa shape index (κ1) is 21.0. The van der Waals surface area contributed by atoms with Gasteiger partial charge < -0.3 is 20.9 Å². The molecular formula is C25H30FN5O. The zero-order valence-electron chi connectivity index (χ0n) is 18.4. The van der Waals surface area contributed by atoms with Crippen molar-refractivity contribution in [2.45, 2.75) is 38.3 Å². The number of rotatable bonds is 4. The molecular weight excluding hydrogens is 405 g/mol. The lowest BCUT2D eigenvalue weighted by atomic mass is 10.0. The summed E-state index contributed by atoms with van der Waals surface area (Å²) in [6, 6.07) is 13.6. The van der Waals surface area contributed by atoms with Crippen molar-refractivity contribution in [2.75, 3.05) is 36.4 Å². The van der Waals surface area contributed by atoms with Crippen molar-refractivity contribution < 1.29 is 9.18 Å². The van der Waals surface area contributed by atoms with Crippen LogP contribution in [0.15, 0.2) is 42.5 Å². The standard InChI is InChI=1S/C25H30FN5O/c1-16-5-6-22(26)21-14-23(29-24(16)21)25(32)28-18-3-2-4-19(13-18)31-12-9-20(15-31)30-10-7-17(27)8-11-30/h2-6,13-14,17,20,29H,7-12,15,27H2,1H3,(H,28,32). The molecule has 2 saturated heterocycles. The molecule has 1 unspecified atom stereocenters. The first-order valence-corrected chi connectivity index (χ1v) is 11.4. The number of aryl methyl sites for hydroxylation is 1. The Morgan fingerprint density at radius 2 is 1.94 bits per heavy atom. The number of carbonyl (C=O) groups excluding carboxylic acids is 1. The van der Waals surface area contributed by atoms with Crippen LogP contribution in [0, 0.1) is 12.7 Å². The first-order valence-electron chi connectivity index (χ1n) is 11.4. The third-order valence-electron chi connectivity index (χ3n) is 6.92. The van der Waals surface area contributed by atoms with Crippen LogP contribution in [0.1, 0.15) is 35.3 Å². The molecule has 0 spiro atoms. The Hall–Kier alpha value is -2.90. The van der Waals surface area contributed by atoms with Crippen LogP contribution in [-0.2, 0) is 0 Å². The number of fused-ring (bicyclic) bond motifs is 1. The molecule has 3 heterocycles. The second kappa shape index (κ2) is 8.56. The molecule has 3 aromatic rings. The van der Waals surface area contributed by atoms with E-state index in [9.17, 15) is 9.18 Å². The molecule has 2 aliphatic heterocycles. The quantitative estimate of drug-likeness (QED) is 0.581. The average Bonchev–Trinajstić information content (AvgIpc) is 3.46. The molecule has 6 nitrogen and oxygen atoms in total. The van der Waals surface area contributed by atoms with Gasteiger partial charge in [-0.2, -0.15) is 0 Å². The van der Waals surface area contributed by atoms with E-state index in [1.807, 2.05) is 25.1 Å². The number of nitrogens with two attached hydrogens (primary N) is 1. The van der Waals surface area contributed by atoms with E-state index in [0.29, 0.717) is 28.7 Å². The number of aromatic nitrogens is 1. The molecule has 1 aromatic heterocycles. The van der Waals surface area contributed by atoms with Crippen LogP contribution in [-0.4, -0.2) is 54.1 Å². The summed E-state index contributed by atoms with van der Waals surface area (Å²) in [6.45, 7) is 6.06. The van der Waals surface area contributed by atoms with E-state index in [0.717, 1.165) is 62.4 Å². The highest BCUT2D eigenvalue weighted by atomic mass is 19.1. The van der Waals surface area contributed by atoms with Crippen molar-refractivity contribution >= 4 is 28.2 Å². The fourth-order valence-electron chi connectivity index (χ4n) is 4.99. The number of piperidine rings is 1. The monoisotopic (exact) mass is 435 g/mol. The van der Waals surface area contributed by atoms with Gasteiger partial charge >= 0.3 is 0 Å². The zero-order chi connectivity index (χ0) is 22.2. The number of anilines is 2. The summed E-state index contributed by atoms with van der Waals surface area (Å²) in [6.07, 6.45) is 3.30. The number of aromatic amines is 1. The molecule has 2 aromatic carbocycles. The third-order valence-corrected chi connectivity index (χ3v) is 6.92. The molecule has 0 aliphatic carbocycles. The Bertz CT molecular complexity index is 1100. The highest BCUT2D eigenvalue weighted by molar-refractivity contribution is 6.06. The number of amides is 1. The van der Waals surface area contributed by atoms with Gasteiger partial charge in [0.2, 0.25) is 0 Å². The summed E-state index contributed by atoms with van der Waals surface area (Å²) in [5, 5.41) is 3.39. The molecule has 2 aliphatic rings. The van der Waals surface area contributed by atoms with E-state index in [4.69, 9.17) is 5.73 Å². The fraction of sp³-hybridized carbons (Fsp3) is 0.400. The Balaban J connectivity index is 1.27. The molecule has 0 radical (unpaired) electrons. The van der Waals surface area contributed by atoms with Crippen LogP contribution in [0.4, 0.5) is 15.8 Å². The highest BCUT2D eigenvalue weighted by Gasteiger charge is 2.30. The van der Waals surface area contributed by atoms with Crippen molar-refractivity contribution in [2.24, 2.45) is 5.73 Å². The minimum Gasteiger partial charge on any atom is -0.370 e. The lowest BCUT2D eigenvalue weighted by Crippen LogP contribution is -2.46. The number of nitrogens with one attached hydrogen (secondary N) is 2. The van der Waals surface area contributed by atoms with Gasteiger partial charge in [0.25, 0.3) is 5.91 Å².